The standard InChI is InChI=1S/C33H44N2O5/c1-7-23(2)30(40-34-24(3)25-8-10-26(11-9-25)32(4,5)6)21-38-27-12-13-28-29(20-27)39-22-33(28)15-18-35(19-16-33)17-14-31(36)37/h8-13,20H,7,14-19,21-22H2,1-6H3,(H,36,37)/b30-23-,34-24+. The highest BCUT2D eigenvalue weighted by molar-refractivity contribution is 5.98. The van der Waals surface area contributed by atoms with E-state index < -0.39 is 5.97 Å². The fraction of sp³-hybridized carbons (Fsp3) is 0.515. The lowest BCUT2D eigenvalue weighted by Crippen LogP contribution is -2.44. The van der Waals surface area contributed by atoms with Gasteiger partial charge in [0.25, 0.3) is 0 Å². The molecule has 0 amide bonds. The lowest BCUT2D eigenvalue weighted by atomic mass is 9.74. The Morgan fingerprint density at radius 3 is 2.42 bits per heavy atom. The van der Waals surface area contributed by atoms with Gasteiger partial charge in [0, 0.05) is 23.6 Å². The van der Waals surface area contributed by atoms with Gasteiger partial charge >= 0.3 is 5.97 Å². The second-order valence-corrected chi connectivity index (χ2v) is 12.2. The summed E-state index contributed by atoms with van der Waals surface area (Å²) in [5.41, 5.74) is 5.55. The van der Waals surface area contributed by atoms with E-state index in [2.05, 4.69) is 68.1 Å². The minimum absolute atomic E-state index is 0.00210. The second kappa shape index (κ2) is 12.5. The predicted molar refractivity (Wildman–Crippen MR) is 158 cm³/mol. The largest absolute Gasteiger partial charge is 0.492 e. The van der Waals surface area contributed by atoms with Crippen molar-refractivity contribution in [2.45, 2.75) is 78.1 Å². The van der Waals surface area contributed by atoms with Gasteiger partial charge < -0.3 is 24.3 Å². The highest BCUT2D eigenvalue weighted by Gasteiger charge is 2.43. The van der Waals surface area contributed by atoms with Crippen molar-refractivity contribution < 1.29 is 24.2 Å². The molecule has 2 heterocycles. The molecule has 0 aromatic heterocycles. The van der Waals surface area contributed by atoms with E-state index in [0.717, 1.165) is 60.7 Å². The van der Waals surface area contributed by atoms with Crippen molar-refractivity contribution in [1.29, 1.82) is 0 Å². The van der Waals surface area contributed by atoms with Crippen molar-refractivity contribution in [1.82, 2.24) is 4.90 Å². The molecule has 40 heavy (non-hydrogen) atoms. The van der Waals surface area contributed by atoms with Gasteiger partial charge in [-0.3, -0.25) is 4.79 Å². The monoisotopic (exact) mass is 548 g/mol. The third-order valence-electron chi connectivity index (χ3n) is 8.32. The molecule has 7 heteroatoms. The molecule has 2 aromatic rings. The van der Waals surface area contributed by atoms with E-state index in [1.165, 1.54) is 11.1 Å². The predicted octanol–water partition coefficient (Wildman–Crippen LogP) is 6.69. The van der Waals surface area contributed by atoms with Crippen molar-refractivity contribution in [3.05, 3.63) is 70.5 Å². The number of likely N-dealkylation sites (tertiary alicyclic amines) is 1. The number of allylic oxidation sites excluding steroid dienone is 1. The molecule has 0 atom stereocenters. The summed E-state index contributed by atoms with van der Waals surface area (Å²) >= 11 is 0. The topological polar surface area (TPSA) is 80.6 Å². The van der Waals surface area contributed by atoms with Crippen LogP contribution in [0.1, 0.15) is 83.9 Å². The van der Waals surface area contributed by atoms with E-state index in [-0.39, 0.29) is 23.9 Å². The van der Waals surface area contributed by atoms with Crippen LogP contribution in [0.15, 0.2) is 59.0 Å². The molecule has 4 rings (SSSR count). The fourth-order valence-electron chi connectivity index (χ4n) is 5.28. The first-order chi connectivity index (χ1) is 19.0. The number of carboxylic acids is 1. The number of nitrogens with zero attached hydrogens (tertiary/aromatic N) is 2. The number of aliphatic carboxylic acids is 1. The van der Waals surface area contributed by atoms with Crippen molar-refractivity contribution in [3.8, 4) is 11.5 Å². The third-order valence-corrected chi connectivity index (χ3v) is 8.32. The van der Waals surface area contributed by atoms with Gasteiger partial charge in [-0.15, -0.1) is 0 Å². The fourth-order valence-corrected chi connectivity index (χ4v) is 5.28. The summed E-state index contributed by atoms with van der Waals surface area (Å²) in [5.74, 6) is 1.58. The van der Waals surface area contributed by atoms with Crippen LogP contribution in [-0.2, 0) is 20.5 Å². The Hall–Kier alpha value is -3.32. The van der Waals surface area contributed by atoms with E-state index in [9.17, 15) is 4.79 Å². The number of benzene rings is 2. The number of rotatable bonds is 10. The minimum Gasteiger partial charge on any atom is -0.492 e. The third kappa shape index (κ3) is 7.05. The van der Waals surface area contributed by atoms with Gasteiger partial charge in [0.2, 0.25) is 0 Å². The van der Waals surface area contributed by atoms with Crippen LogP contribution in [0.5, 0.6) is 11.5 Å². The van der Waals surface area contributed by atoms with Crippen LogP contribution in [-0.4, -0.2) is 54.5 Å². The SMILES string of the molecule is CC/C(C)=C(/COc1ccc2c(c1)OCC21CCN(CCC(=O)O)CC1)O/N=C(\C)c1ccc(C(C)(C)C)cc1. The second-order valence-electron chi connectivity index (χ2n) is 12.2. The maximum atomic E-state index is 10.9. The first kappa shape index (κ1) is 29.7. The van der Waals surface area contributed by atoms with Gasteiger partial charge in [-0.05, 0) is 74.4 Å². The number of hydrogen-bond donors (Lipinski definition) is 1. The smallest absolute Gasteiger partial charge is 0.304 e. The molecule has 7 nitrogen and oxygen atoms in total. The lowest BCUT2D eigenvalue weighted by Gasteiger charge is -2.38. The Morgan fingerprint density at radius 2 is 1.80 bits per heavy atom. The van der Waals surface area contributed by atoms with Crippen LogP contribution in [0.3, 0.4) is 0 Å². The maximum absolute atomic E-state index is 10.9. The van der Waals surface area contributed by atoms with Gasteiger partial charge in [0.1, 0.15) is 18.1 Å². The molecule has 216 valence electrons. The lowest BCUT2D eigenvalue weighted by molar-refractivity contribution is -0.137. The van der Waals surface area contributed by atoms with Crippen LogP contribution in [0, 0.1) is 0 Å². The molecule has 1 N–H and O–H groups in total. The molecular formula is C33H44N2O5. The normalized spacial score (nSPS) is 17.7. The van der Waals surface area contributed by atoms with Gasteiger partial charge in [-0.2, -0.15) is 0 Å². The molecule has 0 saturated carbocycles. The summed E-state index contributed by atoms with van der Waals surface area (Å²) < 4.78 is 12.3. The van der Waals surface area contributed by atoms with E-state index in [4.69, 9.17) is 19.4 Å². The summed E-state index contributed by atoms with van der Waals surface area (Å²) in [7, 11) is 0. The molecule has 1 fully saturated rings. The number of piperidine rings is 1. The Kier molecular flexibility index (Phi) is 9.24. The van der Waals surface area contributed by atoms with Gasteiger partial charge in [0.05, 0.1) is 18.7 Å². The molecule has 0 unspecified atom stereocenters. The Labute approximate surface area is 238 Å². The Balaban J connectivity index is 1.38. The number of carbonyl (C=O) groups is 1. The molecule has 2 aliphatic heterocycles. The molecule has 2 aliphatic rings. The van der Waals surface area contributed by atoms with E-state index in [1.54, 1.807) is 0 Å². The average molecular weight is 549 g/mol. The van der Waals surface area contributed by atoms with Crippen LogP contribution in [0.4, 0.5) is 0 Å². The zero-order valence-electron chi connectivity index (χ0n) is 24.9. The first-order valence-electron chi connectivity index (χ1n) is 14.4. The quantitative estimate of drug-likeness (QED) is 0.202. The highest BCUT2D eigenvalue weighted by Crippen LogP contribution is 2.46. The summed E-state index contributed by atoms with van der Waals surface area (Å²) in [4.78, 5) is 19.1. The van der Waals surface area contributed by atoms with E-state index in [1.807, 2.05) is 26.0 Å². The average Bonchev–Trinajstić information content (AvgIpc) is 3.28. The van der Waals surface area contributed by atoms with Gasteiger partial charge in [-0.1, -0.05) is 63.2 Å². The molecule has 1 saturated heterocycles. The summed E-state index contributed by atoms with van der Waals surface area (Å²) in [5, 5.41) is 13.4. The van der Waals surface area contributed by atoms with Crippen LogP contribution in [0.2, 0.25) is 0 Å². The molecule has 0 bridgehead atoms. The Morgan fingerprint density at radius 1 is 1.10 bits per heavy atom. The van der Waals surface area contributed by atoms with Gasteiger partial charge in [0.15, 0.2) is 5.76 Å². The van der Waals surface area contributed by atoms with E-state index in [0.29, 0.717) is 18.9 Å². The summed E-state index contributed by atoms with van der Waals surface area (Å²) in [6.45, 7) is 16.0. The molecule has 0 radical (unpaired) electrons. The van der Waals surface area contributed by atoms with Crippen molar-refractivity contribution in [2.24, 2.45) is 5.16 Å². The molecular weight excluding hydrogens is 504 g/mol. The first-order valence-corrected chi connectivity index (χ1v) is 14.4. The summed E-state index contributed by atoms with van der Waals surface area (Å²) in [6, 6.07) is 14.6. The minimum atomic E-state index is -0.743. The molecule has 2 aromatic carbocycles. The molecule has 1 spiro atoms. The zero-order valence-corrected chi connectivity index (χ0v) is 24.9. The number of hydrogen-bond acceptors (Lipinski definition) is 6. The number of oxime groups is 1. The maximum Gasteiger partial charge on any atom is 0.304 e. The van der Waals surface area contributed by atoms with Crippen molar-refractivity contribution in [2.75, 3.05) is 32.8 Å². The number of carboxylic acid groups (broad SMARTS) is 1. The zero-order chi connectivity index (χ0) is 28.9. The summed E-state index contributed by atoms with van der Waals surface area (Å²) in [6.07, 6.45) is 2.96. The Bertz CT molecular complexity index is 1250. The van der Waals surface area contributed by atoms with Crippen molar-refractivity contribution in [3.63, 3.8) is 0 Å². The highest BCUT2D eigenvalue weighted by atomic mass is 16.6. The number of ether oxygens (including phenoxy) is 2. The van der Waals surface area contributed by atoms with Crippen LogP contribution in [0.25, 0.3) is 0 Å². The van der Waals surface area contributed by atoms with Gasteiger partial charge in [-0.25, -0.2) is 0 Å². The van der Waals surface area contributed by atoms with Crippen molar-refractivity contribution >= 4 is 11.7 Å². The molecule has 0 aliphatic carbocycles. The van der Waals surface area contributed by atoms with Crippen LogP contribution < -0.4 is 9.47 Å². The number of fused-ring (bicyclic) bond motifs is 2. The van der Waals surface area contributed by atoms with E-state index >= 15 is 0 Å². The van der Waals surface area contributed by atoms with Crippen LogP contribution >= 0.6 is 0 Å².